The molecular formula is C35H43N5O5. The maximum absolute atomic E-state index is 13.8. The fourth-order valence-corrected chi connectivity index (χ4v) is 5.86. The summed E-state index contributed by atoms with van der Waals surface area (Å²) in [6, 6.07) is 12.9. The first-order chi connectivity index (χ1) is 21.4. The van der Waals surface area contributed by atoms with E-state index in [2.05, 4.69) is 11.9 Å². The topological polar surface area (TPSA) is 109 Å². The third kappa shape index (κ3) is 6.79. The van der Waals surface area contributed by atoms with Gasteiger partial charge < -0.3 is 9.47 Å². The van der Waals surface area contributed by atoms with Gasteiger partial charge >= 0.3 is 12.1 Å². The quantitative estimate of drug-likeness (QED) is 0.200. The maximum Gasteiger partial charge on any atom is 0.419 e. The van der Waals surface area contributed by atoms with Gasteiger partial charge in [-0.05, 0) is 97.4 Å². The van der Waals surface area contributed by atoms with Gasteiger partial charge in [0.25, 0.3) is 0 Å². The molecule has 1 fully saturated rings. The molecule has 1 aliphatic rings. The highest BCUT2D eigenvalue weighted by Crippen LogP contribution is 2.34. The van der Waals surface area contributed by atoms with Crippen LogP contribution in [-0.2, 0) is 14.3 Å². The number of nitrogens with zero attached hydrogens (tertiary/aromatic N) is 5. The molecule has 1 amide bonds. The first-order valence-corrected chi connectivity index (χ1v) is 15.8. The zero-order valence-electron chi connectivity index (χ0n) is 27.2. The number of ether oxygens (including phenoxy) is 2. The van der Waals surface area contributed by atoms with Crippen LogP contribution in [0.25, 0.3) is 28.0 Å². The Morgan fingerprint density at radius 1 is 1.04 bits per heavy atom. The van der Waals surface area contributed by atoms with Crippen molar-refractivity contribution >= 4 is 34.7 Å². The normalized spacial score (nSPS) is 17.0. The van der Waals surface area contributed by atoms with Crippen molar-refractivity contribution in [3.8, 4) is 17.1 Å². The van der Waals surface area contributed by atoms with Gasteiger partial charge in [0.1, 0.15) is 11.2 Å². The highest BCUT2D eigenvalue weighted by atomic mass is 16.6. The van der Waals surface area contributed by atoms with Crippen LogP contribution in [0.5, 0.6) is 0 Å². The van der Waals surface area contributed by atoms with Crippen LogP contribution in [-0.4, -0.2) is 55.6 Å². The molecule has 3 aromatic heterocycles. The van der Waals surface area contributed by atoms with E-state index in [1.165, 1.54) is 4.68 Å². The van der Waals surface area contributed by atoms with E-state index in [4.69, 9.17) is 14.6 Å². The standard InChI is InChI=1S/C35H43N5O5/c1-8-44-33(42)27-21-38(37-31(27)39(22(2)3)32(41)24-15-13-23(4)14-16-24)30-18-17-26(20-36-30)29-19-25-11-9-10-12-28(25)40(29)34(43)45-35(5,6)7/h9-12,17-24H,8,13-16H2,1-7H3. The summed E-state index contributed by atoms with van der Waals surface area (Å²) in [4.78, 5) is 46.6. The van der Waals surface area contributed by atoms with Gasteiger partial charge in [0.15, 0.2) is 11.6 Å². The molecular weight excluding hydrogens is 570 g/mol. The first kappa shape index (κ1) is 31.9. The number of esters is 1. The second-order valence-corrected chi connectivity index (χ2v) is 13.1. The van der Waals surface area contributed by atoms with Crippen LogP contribution in [0.4, 0.5) is 10.6 Å². The van der Waals surface area contributed by atoms with Gasteiger partial charge in [-0.25, -0.2) is 23.8 Å². The van der Waals surface area contributed by atoms with Crippen molar-refractivity contribution in [2.24, 2.45) is 11.8 Å². The Bertz CT molecular complexity index is 1690. The van der Waals surface area contributed by atoms with E-state index in [0.29, 0.717) is 23.0 Å². The highest BCUT2D eigenvalue weighted by molar-refractivity contribution is 6.02. The van der Waals surface area contributed by atoms with Gasteiger partial charge in [-0.3, -0.25) is 9.69 Å². The summed E-state index contributed by atoms with van der Waals surface area (Å²) >= 11 is 0. The molecule has 0 unspecified atom stereocenters. The molecule has 0 radical (unpaired) electrons. The summed E-state index contributed by atoms with van der Waals surface area (Å²) in [5.41, 5.74) is 1.60. The number of para-hydroxylation sites is 1. The van der Waals surface area contributed by atoms with Crippen LogP contribution in [0.15, 0.2) is 54.9 Å². The van der Waals surface area contributed by atoms with Crippen molar-refractivity contribution in [1.82, 2.24) is 19.3 Å². The van der Waals surface area contributed by atoms with E-state index in [9.17, 15) is 14.4 Å². The molecule has 1 aliphatic carbocycles. The van der Waals surface area contributed by atoms with E-state index in [1.807, 2.05) is 71.0 Å². The van der Waals surface area contributed by atoms with E-state index in [1.54, 1.807) is 34.9 Å². The summed E-state index contributed by atoms with van der Waals surface area (Å²) in [5, 5.41) is 5.63. The zero-order valence-corrected chi connectivity index (χ0v) is 27.2. The Kier molecular flexibility index (Phi) is 9.13. The van der Waals surface area contributed by atoms with Gasteiger partial charge in [-0.1, -0.05) is 25.1 Å². The number of rotatable bonds is 7. The molecule has 0 aliphatic heterocycles. The number of anilines is 1. The Hall–Kier alpha value is -4.47. The highest BCUT2D eigenvalue weighted by Gasteiger charge is 2.34. The predicted molar refractivity (Wildman–Crippen MR) is 174 cm³/mol. The number of carbonyl (C=O) groups excluding carboxylic acids is 3. The molecule has 5 rings (SSSR count). The average Bonchev–Trinajstić information content (AvgIpc) is 3.59. The molecule has 0 N–H and O–H groups in total. The first-order valence-electron chi connectivity index (χ1n) is 15.8. The third-order valence-corrected chi connectivity index (χ3v) is 8.10. The molecule has 4 aromatic rings. The Labute approximate surface area is 264 Å². The third-order valence-electron chi connectivity index (χ3n) is 8.10. The van der Waals surface area contributed by atoms with Crippen LogP contribution < -0.4 is 4.90 Å². The number of carbonyl (C=O) groups is 3. The fraction of sp³-hybridized carbons (Fsp3) is 0.457. The number of fused-ring (bicyclic) bond motifs is 1. The minimum atomic E-state index is -0.670. The number of benzene rings is 1. The maximum atomic E-state index is 13.8. The summed E-state index contributed by atoms with van der Waals surface area (Å²) in [6.07, 6.45) is 6.39. The molecule has 1 saturated carbocycles. The minimum absolute atomic E-state index is 0.0222. The SMILES string of the molecule is CCOC(=O)c1cn(-c2ccc(-c3cc4ccccc4n3C(=O)OC(C)(C)C)cn2)nc1N(C(=O)C1CCC(C)CC1)C(C)C. The van der Waals surface area contributed by atoms with Gasteiger partial charge in [0.05, 0.1) is 17.8 Å². The van der Waals surface area contributed by atoms with E-state index in [0.717, 1.165) is 36.6 Å². The number of pyridine rings is 1. The minimum Gasteiger partial charge on any atom is -0.462 e. The second-order valence-electron chi connectivity index (χ2n) is 13.1. The lowest BCUT2D eigenvalue weighted by Crippen LogP contribution is -2.43. The van der Waals surface area contributed by atoms with E-state index < -0.39 is 17.7 Å². The van der Waals surface area contributed by atoms with Crippen LogP contribution in [0.2, 0.25) is 0 Å². The molecule has 0 atom stereocenters. The largest absolute Gasteiger partial charge is 0.462 e. The van der Waals surface area contributed by atoms with E-state index in [-0.39, 0.29) is 35.9 Å². The fourth-order valence-electron chi connectivity index (χ4n) is 5.86. The molecule has 0 bridgehead atoms. The lowest BCUT2D eigenvalue weighted by molar-refractivity contribution is -0.124. The van der Waals surface area contributed by atoms with Crippen molar-refractivity contribution in [3.63, 3.8) is 0 Å². The molecule has 10 nitrogen and oxygen atoms in total. The van der Waals surface area contributed by atoms with Crippen LogP contribution in [0.3, 0.4) is 0 Å². The van der Waals surface area contributed by atoms with Gasteiger partial charge in [-0.15, -0.1) is 5.10 Å². The smallest absolute Gasteiger partial charge is 0.419 e. The van der Waals surface area contributed by atoms with Crippen LogP contribution in [0.1, 0.15) is 84.5 Å². The summed E-state index contributed by atoms with van der Waals surface area (Å²) in [6.45, 7) is 13.5. The Morgan fingerprint density at radius 2 is 1.76 bits per heavy atom. The van der Waals surface area contributed by atoms with E-state index >= 15 is 0 Å². The lowest BCUT2D eigenvalue weighted by Gasteiger charge is -2.32. The average molecular weight is 614 g/mol. The Balaban J connectivity index is 1.52. The number of aromatic nitrogens is 4. The summed E-state index contributed by atoms with van der Waals surface area (Å²) in [5.74, 6) is 0.633. The van der Waals surface area contributed by atoms with Gasteiger partial charge in [0, 0.05) is 35.3 Å². The van der Waals surface area contributed by atoms with Crippen molar-refractivity contribution in [1.29, 1.82) is 0 Å². The molecule has 1 aromatic carbocycles. The number of amides is 1. The van der Waals surface area contributed by atoms with Gasteiger partial charge in [-0.2, -0.15) is 0 Å². The number of hydrogen-bond donors (Lipinski definition) is 0. The molecule has 238 valence electrons. The van der Waals surface area contributed by atoms with Crippen molar-refractivity contribution in [2.45, 2.75) is 85.8 Å². The molecule has 0 spiro atoms. The zero-order chi connectivity index (χ0) is 32.5. The monoisotopic (exact) mass is 613 g/mol. The molecule has 10 heteroatoms. The molecule has 3 heterocycles. The summed E-state index contributed by atoms with van der Waals surface area (Å²) < 4.78 is 14.1. The van der Waals surface area contributed by atoms with Crippen molar-refractivity contribution in [2.75, 3.05) is 11.5 Å². The second kappa shape index (κ2) is 12.9. The van der Waals surface area contributed by atoms with Crippen molar-refractivity contribution < 1.29 is 23.9 Å². The predicted octanol–water partition coefficient (Wildman–Crippen LogP) is 7.42. The molecule has 0 saturated heterocycles. The lowest BCUT2D eigenvalue weighted by atomic mass is 9.82. The number of hydrogen-bond acceptors (Lipinski definition) is 7. The van der Waals surface area contributed by atoms with Crippen molar-refractivity contribution in [3.05, 3.63) is 60.4 Å². The van der Waals surface area contributed by atoms with Gasteiger partial charge in [0.2, 0.25) is 5.91 Å². The van der Waals surface area contributed by atoms with Crippen LogP contribution >= 0.6 is 0 Å². The van der Waals surface area contributed by atoms with Crippen LogP contribution in [0, 0.1) is 11.8 Å². The molecule has 45 heavy (non-hydrogen) atoms. The summed E-state index contributed by atoms with van der Waals surface area (Å²) in [7, 11) is 0. The Morgan fingerprint density at radius 3 is 2.38 bits per heavy atom.